The molecule has 0 saturated carbocycles. The lowest BCUT2D eigenvalue weighted by Crippen LogP contribution is -2.25. The Labute approximate surface area is 78.9 Å². The number of aliphatic imine (C=N–C) groups is 1. The van der Waals surface area contributed by atoms with Gasteiger partial charge in [0.1, 0.15) is 0 Å². The normalized spacial score (nSPS) is 14.2. The van der Waals surface area contributed by atoms with Crippen molar-refractivity contribution in [2.75, 3.05) is 7.05 Å². The maximum absolute atomic E-state index is 11.4. The second kappa shape index (κ2) is 4.65. The van der Waals surface area contributed by atoms with Crippen LogP contribution in [0.3, 0.4) is 0 Å². The minimum absolute atomic E-state index is 0.0336. The Bertz CT molecular complexity index is 279. The fourth-order valence-corrected chi connectivity index (χ4v) is 1.39. The molecule has 1 unspecified atom stereocenters. The highest BCUT2D eigenvalue weighted by Crippen LogP contribution is 2.18. The Morgan fingerprint density at radius 3 is 2.46 bits per heavy atom. The van der Waals surface area contributed by atoms with Crippen LogP contribution in [0, 0.1) is 0 Å². The summed E-state index contributed by atoms with van der Waals surface area (Å²) in [5.41, 5.74) is 1.06. The van der Waals surface area contributed by atoms with Gasteiger partial charge in [0, 0.05) is 13.0 Å². The molecule has 0 spiro atoms. The molecule has 0 aromatic heterocycles. The van der Waals surface area contributed by atoms with E-state index in [1.54, 1.807) is 7.05 Å². The number of benzene rings is 1. The van der Waals surface area contributed by atoms with Crippen molar-refractivity contribution in [2.24, 2.45) is 4.99 Å². The summed E-state index contributed by atoms with van der Waals surface area (Å²) in [6, 6.07) is 9.78. The Morgan fingerprint density at radius 2 is 2.00 bits per heavy atom. The van der Waals surface area contributed by atoms with E-state index in [2.05, 4.69) is 4.99 Å². The van der Waals surface area contributed by atoms with Crippen LogP contribution in [0.15, 0.2) is 35.3 Å². The van der Waals surface area contributed by atoms with E-state index in [0.717, 1.165) is 12.0 Å². The summed E-state index contributed by atoms with van der Waals surface area (Å²) in [6.07, 6.45) is 0.806. The van der Waals surface area contributed by atoms with E-state index >= 15 is 0 Å². The smallest absolute Gasteiger partial charge is 0.0266 e. The van der Waals surface area contributed by atoms with Crippen molar-refractivity contribution in [1.82, 2.24) is 0 Å². The summed E-state index contributed by atoms with van der Waals surface area (Å²) in [4.78, 5) is 3.70. The molecule has 0 bridgehead atoms. The molecule has 2 nitrogen and oxygen atoms in total. The van der Waals surface area contributed by atoms with Crippen LogP contribution in [0.1, 0.15) is 24.8 Å². The molecule has 1 rings (SSSR count). The van der Waals surface area contributed by atoms with Crippen LogP contribution in [0.25, 0.3) is 0 Å². The lowest BCUT2D eigenvalue weighted by atomic mass is 9.96. The highest BCUT2D eigenvalue weighted by molar-refractivity contribution is 5.79. The molecule has 2 heteroatoms. The monoisotopic (exact) mass is 176 g/mol. The third-order valence-electron chi connectivity index (χ3n) is 2.13. The fraction of sp³-hybridized carbons (Fsp3) is 0.364. The summed E-state index contributed by atoms with van der Waals surface area (Å²) in [6.45, 7) is 2.00. The van der Waals surface area contributed by atoms with Gasteiger partial charge in [-0.2, -0.15) is 0 Å². The third kappa shape index (κ3) is 2.31. The molecule has 0 amide bonds. The van der Waals surface area contributed by atoms with Crippen molar-refractivity contribution < 1.29 is 5.11 Å². The van der Waals surface area contributed by atoms with Gasteiger partial charge in [-0.1, -0.05) is 37.3 Å². The average Bonchev–Trinajstić information content (AvgIpc) is 2.20. The van der Waals surface area contributed by atoms with E-state index in [-0.39, 0.29) is 11.8 Å². The number of rotatable bonds is 3. The predicted molar refractivity (Wildman–Crippen MR) is 52.8 cm³/mol. The van der Waals surface area contributed by atoms with Crippen molar-refractivity contribution in [2.45, 2.75) is 19.3 Å². The van der Waals surface area contributed by atoms with Crippen molar-refractivity contribution in [1.29, 1.82) is 0 Å². The van der Waals surface area contributed by atoms with Crippen molar-refractivity contribution in [3.05, 3.63) is 35.9 Å². The van der Waals surface area contributed by atoms with Crippen LogP contribution in [-0.2, 0) is 0 Å². The second-order valence-corrected chi connectivity index (χ2v) is 2.93. The lowest BCUT2D eigenvalue weighted by molar-refractivity contribution is -0.221. The Balaban J connectivity index is 2.91. The zero-order chi connectivity index (χ0) is 9.68. The Hall–Kier alpha value is -1.31. The van der Waals surface area contributed by atoms with E-state index in [1.807, 2.05) is 37.3 Å². The number of nitrogens with zero attached hydrogens (tertiary/aromatic N) is 1. The molecular formula is C11H14NO-. The largest absolute Gasteiger partial charge is 0.862 e. The van der Waals surface area contributed by atoms with Gasteiger partial charge in [-0.15, -0.1) is 0 Å². The van der Waals surface area contributed by atoms with Crippen LogP contribution < -0.4 is 5.11 Å². The van der Waals surface area contributed by atoms with E-state index in [0.29, 0.717) is 0 Å². The first-order valence-electron chi connectivity index (χ1n) is 4.48. The zero-order valence-electron chi connectivity index (χ0n) is 8.03. The molecule has 0 fully saturated rings. The summed E-state index contributed by atoms with van der Waals surface area (Å²) in [7, 11) is 1.55. The van der Waals surface area contributed by atoms with Gasteiger partial charge in [0.25, 0.3) is 0 Å². The molecule has 0 N–H and O–H groups in total. The van der Waals surface area contributed by atoms with Gasteiger partial charge in [0.15, 0.2) is 0 Å². The van der Waals surface area contributed by atoms with Gasteiger partial charge in [0.2, 0.25) is 0 Å². The quantitative estimate of drug-likeness (QED) is 0.508. The second-order valence-electron chi connectivity index (χ2n) is 2.93. The SMILES string of the molecule is CCC(C([O-])=NC)c1ccccc1. The molecule has 0 aliphatic carbocycles. The Morgan fingerprint density at radius 1 is 1.38 bits per heavy atom. The summed E-state index contributed by atoms with van der Waals surface area (Å²) in [5, 5.41) is 11.4. The molecule has 0 aliphatic rings. The van der Waals surface area contributed by atoms with Gasteiger partial charge < -0.3 is 10.1 Å². The summed E-state index contributed by atoms with van der Waals surface area (Å²) >= 11 is 0. The molecule has 0 aliphatic heterocycles. The summed E-state index contributed by atoms with van der Waals surface area (Å²) in [5.74, 6) is -0.0973. The first-order chi connectivity index (χ1) is 6.29. The van der Waals surface area contributed by atoms with E-state index in [1.165, 1.54) is 0 Å². The zero-order valence-corrected chi connectivity index (χ0v) is 8.03. The predicted octanol–water partition coefficient (Wildman–Crippen LogP) is 1.57. The minimum atomic E-state index is -0.0637. The van der Waals surface area contributed by atoms with E-state index < -0.39 is 0 Å². The van der Waals surface area contributed by atoms with Gasteiger partial charge in [-0.05, 0) is 17.9 Å². The summed E-state index contributed by atoms with van der Waals surface area (Å²) < 4.78 is 0. The van der Waals surface area contributed by atoms with Crippen molar-refractivity contribution >= 4 is 5.90 Å². The highest BCUT2D eigenvalue weighted by atomic mass is 16.3. The van der Waals surface area contributed by atoms with Crippen LogP contribution in [0.2, 0.25) is 0 Å². The lowest BCUT2D eigenvalue weighted by Gasteiger charge is -2.21. The minimum Gasteiger partial charge on any atom is -0.862 e. The van der Waals surface area contributed by atoms with Gasteiger partial charge in [0.05, 0.1) is 0 Å². The molecule has 0 heterocycles. The first kappa shape index (κ1) is 9.78. The van der Waals surface area contributed by atoms with Crippen LogP contribution in [0.4, 0.5) is 0 Å². The third-order valence-corrected chi connectivity index (χ3v) is 2.13. The van der Waals surface area contributed by atoms with Crippen LogP contribution in [-0.4, -0.2) is 12.9 Å². The number of hydrogen-bond acceptors (Lipinski definition) is 2. The Kier molecular flexibility index (Phi) is 3.50. The molecule has 1 atom stereocenters. The molecule has 13 heavy (non-hydrogen) atoms. The van der Waals surface area contributed by atoms with Crippen molar-refractivity contribution in [3.8, 4) is 0 Å². The number of hydrogen-bond donors (Lipinski definition) is 0. The molecule has 1 aromatic rings. The first-order valence-corrected chi connectivity index (χ1v) is 4.48. The molecule has 70 valence electrons. The van der Waals surface area contributed by atoms with E-state index in [4.69, 9.17) is 0 Å². The van der Waals surface area contributed by atoms with Crippen LogP contribution >= 0.6 is 0 Å². The van der Waals surface area contributed by atoms with Gasteiger partial charge in [-0.3, -0.25) is 0 Å². The maximum Gasteiger partial charge on any atom is 0.0266 e. The maximum atomic E-state index is 11.4. The van der Waals surface area contributed by atoms with Crippen molar-refractivity contribution in [3.63, 3.8) is 0 Å². The van der Waals surface area contributed by atoms with Gasteiger partial charge >= 0.3 is 0 Å². The van der Waals surface area contributed by atoms with E-state index in [9.17, 15) is 5.11 Å². The topological polar surface area (TPSA) is 35.4 Å². The standard InChI is InChI=1S/C11H15NO/c1-3-10(11(13)12-2)9-7-5-4-6-8-9/h4-8,10H,3H2,1-2H3,(H,12,13)/p-1. The molecule has 0 radical (unpaired) electrons. The average molecular weight is 176 g/mol. The van der Waals surface area contributed by atoms with Crippen LogP contribution in [0.5, 0.6) is 0 Å². The molecule has 0 saturated heterocycles. The molecular weight excluding hydrogens is 162 g/mol. The molecule has 1 aromatic carbocycles. The van der Waals surface area contributed by atoms with Gasteiger partial charge in [-0.25, -0.2) is 0 Å². The highest BCUT2D eigenvalue weighted by Gasteiger charge is 2.07. The fourth-order valence-electron chi connectivity index (χ4n) is 1.39.